The third-order valence-electron chi connectivity index (χ3n) is 5.14. The van der Waals surface area contributed by atoms with E-state index in [1.165, 1.54) is 0 Å². The molecule has 3 N–H and O–H groups in total. The zero-order valence-electron chi connectivity index (χ0n) is 15.3. The van der Waals surface area contributed by atoms with Crippen LogP contribution in [0.4, 0.5) is 11.4 Å². The lowest BCUT2D eigenvalue weighted by Gasteiger charge is -2.35. The summed E-state index contributed by atoms with van der Waals surface area (Å²) >= 11 is 5.66. The van der Waals surface area contributed by atoms with E-state index in [9.17, 15) is 0 Å². The number of benzene rings is 2. The molecule has 2 aromatic carbocycles. The van der Waals surface area contributed by atoms with E-state index in [1.807, 2.05) is 24.4 Å². The number of H-pyrrole nitrogens is 1. The van der Waals surface area contributed by atoms with Gasteiger partial charge in [0, 0.05) is 42.0 Å². The summed E-state index contributed by atoms with van der Waals surface area (Å²) in [6, 6.07) is 12.4. The SMILES string of the molecule is S=C(Nc1ccc2c(c1)OCO2)N1CCCC(Nc2ccc3[nH]ncc3c2)C1. The van der Waals surface area contributed by atoms with Gasteiger partial charge in [0.25, 0.3) is 0 Å². The van der Waals surface area contributed by atoms with Crippen LogP contribution in [0.1, 0.15) is 12.8 Å². The first-order valence-electron chi connectivity index (χ1n) is 9.40. The lowest BCUT2D eigenvalue weighted by atomic mass is 10.1. The second-order valence-corrected chi connectivity index (χ2v) is 7.49. The fourth-order valence-electron chi connectivity index (χ4n) is 3.72. The highest BCUT2D eigenvalue weighted by atomic mass is 32.1. The van der Waals surface area contributed by atoms with Crippen LogP contribution >= 0.6 is 12.2 Å². The zero-order chi connectivity index (χ0) is 18.9. The van der Waals surface area contributed by atoms with Crippen LogP contribution in [0.2, 0.25) is 0 Å². The van der Waals surface area contributed by atoms with E-state index < -0.39 is 0 Å². The zero-order valence-corrected chi connectivity index (χ0v) is 16.1. The quantitative estimate of drug-likeness (QED) is 0.586. The number of nitrogens with one attached hydrogen (secondary N) is 3. The number of ether oxygens (including phenoxy) is 2. The lowest BCUT2D eigenvalue weighted by molar-refractivity contribution is 0.174. The van der Waals surface area contributed by atoms with Gasteiger partial charge in [0.2, 0.25) is 6.79 Å². The highest BCUT2D eigenvalue weighted by molar-refractivity contribution is 7.80. The van der Waals surface area contributed by atoms with Crippen molar-refractivity contribution in [1.82, 2.24) is 15.1 Å². The highest BCUT2D eigenvalue weighted by Crippen LogP contribution is 2.34. The molecule has 1 saturated heterocycles. The average molecular weight is 395 g/mol. The first-order valence-corrected chi connectivity index (χ1v) is 9.81. The van der Waals surface area contributed by atoms with Gasteiger partial charge < -0.3 is 25.0 Å². The summed E-state index contributed by atoms with van der Waals surface area (Å²) < 4.78 is 10.8. The number of nitrogens with zero attached hydrogens (tertiary/aromatic N) is 2. The molecule has 2 aliphatic heterocycles. The van der Waals surface area contributed by atoms with Crippen molar-refractivity contribution in [2.24, 2.45) is 0 Å². The first-order chi connectivity index (χ1) is 13.7. The van der Waals surface area contributed by atoms with Crippen LogP contribution in [0, 0.1) is 0 Å². The van der Waals surface area contributed by atoms with Crippen molar-refractivity contribution in [2.75, 3.05) is 30.5 Å². The largest absolute Gasteiger partial charge is 0.454 e. The average Bonchev–Trinajstić information content (AvgIpc) is 3.36. The Morgan fingerprint density at radius 3 is 3.00 bits per heavy atom. The summed E-state index contributed by atoms with van der Waals surface area (Å²) in [5, 5.41) is 15.9. The van der Waals surface area contributed by atoms with Gasteiger partial charge in [0.1, 0.15) is 0 Å². The van der Waals surface area contributed by atoms with Crippen molar-refractivity contribution in [3.05, 3.63) is 42.6 Å². The fraction of sp³-hybridized carbons (Fsp3) is 0.300. The maximum absolute atomic E-state index is 5.66. The Kier molecular flexibility index (Phi) is 4.40. The molecule has 0 amide bonds. The highest BCUT2D eigenvalue weighted by Gasteiger charge is 2.22. The van der Waals surface area contributed by atoms with Crippen molar-refractivity contribution in [3.63, 3.8) is 0 Å². The van der Waals surface area contributed by atoms with E-state index in [1.54, 1.807) is 0 Å². The second-order valence-electron chi connectivity index (χ2n) is 7.10. The molecule has 0 radical (unpaired) electrons. The minimum atomic E-state index is 0.271. The number of likely N-dealkylation sites (tertiary alicyclic amines) is 1. The maximum Gasteiger partial charge on any atom is 0.231 e. The molecular formula is C20H21N5O2S. The Morgan fingerprint density at radius 1 is 1.14 bits per heavy atom. The summed E-state index contributed by atoms with van der Waals surface area (Å²) in [5.74, 6) is 1.52. The van der Waals surface area contributed by atoms with Gasteiger partial charge in [-0.25, -0.2) is 0 Å². The molecule has 5 rings (SSSR count). The molecule has 28 heavy (non-hydrogen) atoms. The summed E-state index contributed by atoms with van der Waals surface area (Å²) in [5.41, 5.74) is 3.06. The maximum atomic E-state index is 5.66. The monoisotopic (exact) mass is 395 g/mol. The predicted octanol–water partition coefficient (Wildman–Crippen LogP) is 3.56. The van der Waals surface area contributed by atoms with E-state index in [2.05, 4.69) is 43.9 Å². The molecule has 3 heterocycles. The van der Waals surface area contributed by atoms with Crippen LogP contribution in [0.5, 0.6) is 11.5 Å². The van der Waals surface area contributed by atoms with Gasteiger partial charge in [-0.1, -0.05) is 0 Å². The molecule has 1 aromatic heterocycles. The molecule has 1 atom stereocenters. The van der Waals surface area contributed by atoms with Crippen LogP contribution in [-0.4, -0.2) is 46.1 Å². The minimum Gasteiger partial charge on any atom is -0.454 e. The molecule has 144 valence electrons. The first kappa shape index (κ1) is 17.1. The number of aromatic amines is 1. The van der Waals surface area contributed by atoms with Crippen molar-refractivity contribution in [1.29, 1.82) is 0 Å². The molecule has 2 aliphatic rings. The van der Waals surface area contributed by atoms with Crippen LogP contribution in [0.15, 0.2) is 42.6 Å². The number of hydrogen-bond donors (Lipinski definition) is 3. The molecular weight excluding hydrogens is 374 g/mol. The number of anilines is 2. The van der Waals surface area contributed by atoms with E-state index in [4.69, 9.17) is 21.7 Å². The standard InChI is InChI=1S/C20H21N5O2S/c28-20(23-15-4-6-18-19(9-15)27-12-26-18)25-7-1-2-16(11-25)22-14-3-5-17-13(8-14)10-21-24-17/h3-6,8-10,16,22H,1-2,7,11-12H2,(H,21,24)(H,23,28). The van der Waals surface area contributed by atoms with Crippen LogP contribution < -0.4 is 20.1 Å². The van der Waals surface area contributed by atoms with Gasteiger partial charge in [-0.15, -0.1) is 0 Å². The Balaban J connectivity index is 1.22. The topological polar surface area (TPSA) is 74.4 Å². The van der Waals surface area contributed by atoms with Crippen molar-refractivity contribution in [3.8, 4) is 11.5 Å². The van der Waals surface area contributed by atoms with E-state index in [0.717, 1.165) is 64.8 Å². The van der Waals surface area contributed by atoms with Gasteiger partial charge in [0.05, 0.1) is 11.7 Å². The molecule has 0 spiro atoms. The van der Waals surface area contributed by atoms with Crippen LogP contribution in [-0.2, 0) is 0 Å². The lowest BCUT2D eigenvalue weighted by Crippen LogP contribution is -2.46. The predicted molar refractivity (Wildman–Crippen MR) is 113 cm³/mol. The molecule has 0 aliphatic carbocycles. The van der Waals surface area contributed by atoms with Gasteiger partial charge >= 0.3 is 0 Å². The Labute approximate surface area is 168 Å². The minimum absolute atomic E-state index is 0.271. The smallest absolute Gasteiger partial charge is 0.231 e. The Bertz CT molecular complexity index is 1020. The second kappa shape index (κ2) is 7.20. The molecule has 1 fully saturated rings. The van der Waals surface area contributed by atoms with E-state index >= 15 is 0 Å². The van der Waals surface area contributed by atoms with E-state index in [0.29, 0.717) is 6.04 Å². The molecule has 1 unspecified atom stereocenters. The molecule has 8 heteroatoms. The number of piperidine rings is 1. The molecule has 7 nitrogen and oxygen atoms in total. The molecule has 0 bridgehead atoms. The Hall–Kier alpha value is -3.00. The number of rotatable bonds is 3. The van der Waals surface area contributed by atoms with Crippen molar-refractivity contribution < 1.29 is 9.47 Å². The van der Waals surface area contributed by atoms with Crippen molar-refractivity contribution in [2.45, 2.75) is 18.9 Å². The van der Waals surface area contributed by atoms with Crippen LogP contribution in [0.25, 0.3) is 10.9 Å². The van der Waals surface area contributed by atoms with E-state index in [-0.39, 0.29) is 6.79 Å². The van der Waals surface area contributed by atoms with Gasteiger partial charge in [-0.2, -0.15) is 5.10 Å². The van der Waals surface area contributed by atoms with Gasteiger partial charge in [-0.3, -0.25) is 5.10 Å². The summed E-state index contributed by atoms with van der Waals surface area (Å²) in [6.07, 6.45) is 4.05. The number of hydrogen-bond acceptors (Lipinski definition) is 5. The summed E-state index contributed by atoms with van der Waals surface area (Å²) in [6.45, 7) is 2.09. The van der Waals surface area contributed by atoms with Gasteiger partial charge in [-0.05, 0) is 55.4 Å². The third kappa shape index (κ3) is 3.43. The fourth-order valence-corrected chi connectivity index (χ4v) is 4.01. The number of fused-ring (bicyclic) bond motifs is 2. The number of thiocarbonyl (C=S) groups is 1. The summed E-state index contributed by atoms with van der Waals surface area (Å²) in [7, 11) is 0. The van der Waals surface area contributed by atoms with Crippen LogP contribution in [0.3, 0.4) is 0 Å². The molecule has 3 aromatic rings. The van der Waals surface area contributed by atoms with Gasteiger partial charge in [0.15, 0.2) is 16.6 Å². The Morgan fingerprint density at radius 2 is 2.04 bits per heavy atom. The molecule has 0 saturated carbocycles. The summed E-state index contributed by atoms with van der Waals surface area (Å²) in [4.78, 5) is 2.22. The van der Waals surface area contributed by atoms with Crippen molar-refractivity contribution >= 4 is 39.6 Å². The number of aromatic nitrogens is 2. The normalized spacial score (nSPS) is 18.3. The third-order valence-corrected chi connectivity index (χ3v) is 5.50.